The fraction of sp³-hybridized carbons (Fsp3) is 0.333. The number of hydrogen-bond acceptors (Lipinski definition) is 5. The highest BCUT2D eigenvalue weighted by molar-refractivity contribution is 7.13. The second-order valence-corrected chi connectivity index (χ2v) is 6.52. The Morgan fingerprint density at radius 3 is 2.70 bits per heavy atom. The number of phenolic OH excluding ortho intramolecular Hbond substituents is 1. The van der Waals surface area contributed by atoms with Gasteiger partial charge in [0.15, 0.2) is 0 Å². The molecule has 2 rings (SSSR count). The fourth-order valence-electron chi connectivity index (χ4n) is 1.83. The van der Waals surface area contributed by atoms with Crippen LogP contribution in [0.4, 0.5) is 5.13 Å². The molecule has 0 aliphatic heterocycles. The third-order valence-corrected chi connectivity index (χ3v) is 3.72. The molecule has 1 aromatic carbocycles. The Labute approximate surface area is 123 Å². The molecule has 0 fully saturated rings. The van der Waals surface area contributed by atoms with E-state index in [2.05, 4.69) is 36.3 Å². The highest BCUT2D eigenvalue weighted by Crippen LogP contribution is 2.32. The van der Waals surface area contributed by atoms with Crippen LogP contribution in [0.5, 0.6) is 5.75 Å². The molecule has 0 atom stereocenters. The number of hydrazone groups is 1. The molecular weight excluding hydrogens is 270 g/mol. The molecule has 5 heteroatoms. The van der Waals surface area contributed by atoms with Crippen LogP contribution in [0.3, 0.4) is 0 Å². The number of aromatic hydroxyl groups is 1. The zero-order valence-corrected chi connectivity index (χ0v) is 13.0. The number of para-hydroxylation sites is 1. The fourth-order valence-corrected chi connectivity index (χ4v) is 2.47. The van der Waals surface area contributed by atoms with E-state index in [9.17, 15) is 5.11 Å². The van der Waals surface area contributed by atoms with Crippen LogP contribution in [0.25, 0.3) is 0 Å². The van der Waals surface area contributed by atoms with Gasteiger partial charge in [-0.25, -0.2) is 4.98 Å². The molecule has 2 N–H and O–H groups in total. The minimum atomic E-state index is -0.103. The highest BCUT2D eigenvalue weighted by Gasteiger charge is 2.19. The van der Waals surface area contributed by atoms with Crippen molar-refractivity contribution in [3.05, 3.63) is 40.4 Å². The lowest BCUT2D eigenvalue weighted by atomic mass is 9.85. The van der Waals surface area contributed by atoms with Gasteiger partial charge in [0.25, 0.3) is 0 Å². The van der Waals surface area contributed by atoms with E-state index >= 15 is 0 Å². The van der Waals surface area contributed by atoms with Gasteiger partial charge < -0.3 is 5.11 Å². The van der Waals surface area contributed by atoms with Crippen LogP contribution in [0, 0.1) is 6.92 Å². The maximum absolute atomic E-state index is 10.3. The third-order valence-electron chi connectivity index (χ3n) is 2.86. The summed E-state index contributed by atoms with van der Waals surface area (Å²) in [6, 6.07) is 5.70. The zero-order chi connectivity index (χ0) is 14.8. The Morgan fingerprint density at radius 1 is 1.35 bits per heavy atom. The van der Waals surface area contributed by atoms with Gasteiger partial charge in [-0.3, -0.25) is 5.43 Å². The van der Waals surface area contributed by atoms with E-state index in [-0.39, 0.29) is 11.2 Å². The van der Waals surface area contributed by atoms with Gasteiger partial charge in [-0.05, 0) is 24.0 Å². The van der Waals surface area contributed by atoms with Crippen molar-refractivity contribution in [2.24, 2.45) is 5.10 Å². The standard InChI is InChI=1S/C15H19N3OS/c1-10-9-20-14(17-10)18-16-8-11-6-5-7-12(13(11)19)15(2,3)4/h5-9,19H,1-4H3,(H,17,18). The van der Waals surface area contributed by atoms with Crippen molar-refractivity contribution < 1.29 is 5.11 Å². The summed E-state index contributed by atoms with van der Waals surface area (Å²) in [5.74, 6) is 0.279. The maximum Gasteiger partial charge on any atom is 0.203 e. The zero-order valence-electron chi connectivity index (χ0n) is 12.1. The van der Waals surface area contributed by atoms with Crippen LogP contribution in [-0.2, 0) is 5.41 Å². The third kappa shape index (κ3) is 3.36. The molecule has 2 aromatic rings. The van der Waals surface area contributed by atoms with E-state index in [0.717, 1.165) is 16.4 Å². The molecule has 0 aliphatic rings. The van der Waals surface area contributed by atoms with Crippen LogP contribution in [-0.4, -0.2) is 16.3 Å². The van der Waals surface area contributed by atoms with E-state index in [1.165, 1.54) is 11.3 Å². The summed E-state index contributed by atoms with van der Waals surface area (Å²) >= 11 is 1.50. The van der Waals surface area contributed by atoms with Crippen LogP contribution in [0.15, 0.2) is 28.7 Å². The maximum atomic E-state index is 10.3. The van der Waals surface area contributed by atoms with Crippen LogP contribution in [0.1, 0.15) is 37.6 Å². The first-order chi connectivity index (χ1) is 9.38. The lowest BCUT2D eigenvalue weighted by molar-refractivity contribution is 0.446. The lowest BCUT2D eigenvalue weighted by Gasteiger charge is -2.21. The second kappa shape index (κ2) is 5.63. The van der Waals surface area contributed by atoms with E-state index in [0.29, 0.717) is 5.56 Å². The minimum Gasteiger partial charge on any atom is -0.507 e. The number of hydrogen-bond donors (Lipinski definition) is 2. The normalized spacial score (nSPS) is 12.0. The average Bonchev–Trinajstić information content (AvgIpc) is 2.76. The molecule has 0 radical (unpaired) electrons. The van der Waals surface area contributed by atoms with E-state index in [1.807, 2.05) is 30.5 Å². The van der Waals surface area contributed by atoms with Crippen LogP contribution >= 0.6 is 11.3 Å². The van der Waals surface area contributed by atoms with Gasteiger partial charge >= 0.3 is 0 Å². The number of aryl methyl sites for hydroxylation is 1. The predicted molar refractivity (Wildman–Crippen MR) is 84.9 cm³/mol. The Balaban J connectivity index is 2.17. The van der Waals surface area contributed by atoms with Crippen molar-refractivity contribution in [1.82, 2.24) is 4.98 Å². The Hall–Kier alpha value is -1.88. The van der Waals surface area contributed by atoms with Crippen molar-refractivity contribution in [3.8, 4) is 5.75 Å². The van der Waals surface area contributed by atoms with E-state index in [1.54, 1.807) is 6.21 Å². The summed E-state index contributed by atoms with van der Waals surface area (Å²) < 4.78 is 0. The Bertz CT molecular complexity index is 626. The Morgan fingerprint density at radius 2 is 2.10 bits per heavy atom. The van der Waals surface area contributed by atoms with Gasteiger partial charge in [0.05, 0.1) is 11.9 Å². The molecule has 0 spiro atoms. The first-order valence-corrected chi connectivity index (χ1v) is 7.29. The van der Waals surface area contributed by atoms with Crippen molar-refractivity contribution in [3.63, 3.8) is 0 Å². The molecular formula is C15H19N3OS. The quantitative estimate of drug-likeness (QED) is 0.665. The molecule has 1 aromatic heterocycles. The number of anilines is 1. The van der Waals surface area contributed by atoms with Gasteiger partial charge in [0, 0.05) is 10.9 Å². The van der Waals surface area contributed by atoms with E-state index in [4.69, 9.17) is 0 Å². The number of phenols is 1. The van der Waals surface area contributed by atoms with E-state index < -0.39 is 0 Å². The van der Waals surface area contributed by atoms with Crippen LogP contribution in [0.2, 0.25) is 0 Å². The summed E-state index contributed by atoms with van der Waals surface area (Å²) in [6.45, 7) is 8.14. The largest absolute Gasteiger partial charge is 0.507 e. The molecule has 20 heavy (non-hydrogen) atoms. The number of nitrogens with zero attached hydrogens (tertiary/aromatic N) is 2. The minimum absolute atomic E-state index is 0.103. The van der Waals surface area contributed by atoms with Crippen molar-refractivity contribution >= 4 is 22.7 Å². The van der Waals surface area contributed by atoms with Gasteiger partial charge in [-0.1, -0.05) is 32.9 Å². The van der Waals surface area contributed by atoms with Crippen LogP contribution < -0.4 is 5.43 Å². The molecule has 0 saturated carbocycles. The number of rotatable bonds is 3. The first-order valence-electron chi connectivity index (χ1n) is 6.41. The number of thiazole rings is 1. The topological polar surface area (TPSA) is 57.5 Å². The van der Waals surface area contributed by atoms with Crippen molar-refractivity contribution in [2.45, 2.75) is 33.1 Å². The number of benzene rings is 1. The van der Waals surface area contributed by atoms with Gasteiger partial charge in [-0.15, -0.1) is 11.3 Å². The smallest absolute Gasteiger partial charge is 0.203 e. The summed E-state index contributed by atoms with van der Waals surface area (Å²) in [5, 5.41) is 17.1. The lowest BCUT2D eigenvalue weighted by Crippen LogP contribution is -2.11. The second-order valence-electron chi connectivity index (χ2n) is 5.66. The first kappa shape index (κ1) is 14.5. The monoisotopic (exact) mass is 289 g/mol. The van der Waals surface area contributed by atoms with Gasteiger partial charge in [-0.2, -0.15) is 5.10 Å². The molecule has 106 valence electrons. The molecule has 0 amide bonds. The average molecular weight is 289 g/mol. The Kier molecular flexibility index (Phi) is 4.09. The van der Waals surface area contributed by atoms with Gasteiger partial charge in [0.1, 0.15) is 5.75 Å². The summed E-state index contributed by atoms with van der Waals surface area (Å²) in [6.07, 6.45) is 1.61. The summed E-state index contributed by atoms with van der Waals surface area (Å²) in [4.78, 5) is 4.25. The van der Waals surface area contributed by atoms with Crippen molar-refractivity contribution in [1.29, 1.82) is 0 Å². The SMILES string of the molecule is Cc1csc(NN=Cc2cccc(C(C)(C)C)c2O)n1. The molecule has 0 bridgehead atoms. The van der Waals surface area contributed by atoms with Crippen molar-refractivity contribution in [2.75, 3.05) is 5.43 Å². The van der Waals surface area contributed by atoms with Gasteiger partial charge in [0.2, 0.25) is 5.13 Å². The molecule has 4 nitrogen and oxygen atoms in total. The molecule has 1 heterocycles. The molecule has 0 unspecified atom stereocenters. The molecule has 0 aliphatic carbocycles. The molecule has 0 saturated heterocycles. The summed E-state index contributed by atoms with van der Waals surface area (Å²) in [7, 11) is 0. The number of nitrogens with one attached hydrogen (secondary N) is 1. The highest BCUT2D eigenvalue weighted by atomic mass is 32.1. The predicted octanol–water partition coefficient (Wildman–Crippen LogP) is 3.90. The summed E-state index contributed by atoms with van der Waals surface area (Å²) in [5.41, 5.74) is 5.33. The number of aromatic nitrogens is 1.